The van der Waals surface area contributed by atoms with E-state index in [2.05, 4.69) is 9.50 Å². The summed E-state index contributed by atoms with van der Waals surface area (Å²) in [5.41, 5.74) is 0. The fourth-order valence-corrected chi connectivity index (χ4v) is 1.46. The SMILES string of the molecule is CC(C)C(=O)NCC[N+](C)(C)CCOS(=O)(=O)[O-]. The molecule has 0 atom stereocenters. The molecule has 0 aliphatic heterocycles. The Morgan fingerprint density at radius 3 is 2.33 bits per heavy atom. The molecule has 18 heavy (non-hydrogen) atoms. The van der Waals surface area contributed by atoms with Crippen molar-refractivity contribution < 1.29 is 26.4 Å². The lowest BCUT2D eigenvalue weighted by Gasteiger charge is -2.29. The molecule has 108 valence electrons. The molecule has 0 bridgehead atoms. The summed E-state index contributed by atoms with van der Waals surface area (Å²) >= 11 is 0. The lowest BCUT2D eigenvalue weighted by molar-refractivity contribution is -0.889. The van der Waals surface area contributed by atoms with Crippen molar-refractivity contribution in [3.63, 3.8) is 0 Å². The van der Waals surface area contributed by atoms with E-state index in [1.807, 2.05) is 27.9 Å². The van der Waals surface area contributed by atoms with Gasteiger partial charge in [0.1, 0.15) is 13.2 Å². The standard InChI is InChI=1S/C10H22N2O5S/c1-9(2)10(13)11-5-6-12(3,4)7-8-17-18(14,15)16/h9H,5-8H2,1-4H3,(H-,11,13,14,15,16). The van der Waals surface area contributed by atoms with E-state index in [1.165, 1.54) is 0 Å². The monoisotopic (exact) mass is 282 g/mol. The van der Waals surface area contributed by atoms with Crippen LogP contribution >= 0.6 is 0 Å². The summed E-state index contributed by atoms with van der Waals surface area (Å²) in [7, 11) is -0.895. The third-order valence-corrected chi connectivity index (χ3v) is 2.92. The third-order valence-electron chi connectivity index (χ3n) is 2.47. The average Bonchev–Trinajstić information content (AvgIpc) is 2.14. The van der Waals surface area contributed by atoms with Gasteiger partial charge in [0.25, 0.3) is 0 Å². The molecule has 0 aromatic carbocycles. The Morgan fingerprint density at radius 1 is 1.33 bits per heavy atom. The number of amides is 1. The first-order chi connectivity index (χ1) is 8.03. The van der Waals surface area contributed by atoms with Gasteiger partial charge in [-0.15, -0.1) is 0 Å². The number of carbonyl (C=O) groups excluding carboxylic acids is 1. The minimum Gasteiger partial charge on any atom is -0.726 e. The van der Waals surface area contributed by atoms with Gasteiger partial charge >= 0.3 is 0 Å². The van der Waals surface area contributed by atoms with Gasteiger partial charge in [-0.05, 0) is 0 Å². The number of carbonyl (C=O) groups is 1. The third kappa shape index (κ3) is 9.34. The van der Waals surface area contributed by atoms with E-state index in [0.29, 0.717) is 24.1 Å². The van der Waals surface area contributed by atoms with Crippen LogP contribution in [-0.2, 0) is 19.4 Å². The first-order valence-electron chi connectivity index (χ1n) is 5.73. The van der Waals surface area contributed by atoms with E-state index >= 15 is 0 Å². The molecule has 1 amide bonds. The van der Waals surface area contributed by atoms with Crippen molar-refractivity contribution in [2.45, 2.75) is 13.8 Å². The van der Waals surface area contributed by atoms with Crippen LogP contribution in [0.4, 0.5) is 0 Å². The van der Waals surface area contributed by atoms with Gasteiger partial charge in [-0.2, -0.15) is 0 Å². The van der Waals surface area contributed by atoms with Gasteiger partial charge in [-0.1, -0.05) is 13.8 Å². The Balaban J connectivity index is 3.90. The van der Waals surface area contributed by atoms with Crippen LogP contribution in [0.1, 0.15) is 13.8 Å². The summed E-state index contributed by atoms with van der Waals surface area (Å²) in [5, 5.41) is 2.77. The summed E-state index contributed by atoms with van der Waals surface area (Å²) in [6, 6.07) is 0. The molecule has 0 saturated carbocycles. The minimum absolute atomic E-state index is 0.0200. The fraction of sp³-hybridized carbons (Fsp3) is 0.900. The number of rotatable bonds is 8. The molecular formula is C10H22N2O5S. The van der Waals surface area contributed by atoms with Gasteiger partial charge in [-0.3, -0.25) is 8.98 Å². The average molecular weight is 282 g/mol. The second-order valence-electron chi connectivity index (χ2n) is 5.06. The van der Waals surface area contributed by atoms with Crippen molar-refractivity contribution in [1.29, 1.82) is 0 Å². The van der Waals surface area contributed by atoms with Gasteiger partial charge in [0.15, 0.2) is 0 Å². The van der Waals surface area contributed by atoms with Gasteiger partial charge < -0.3 is 14.4 Å². The molecule has 0 aromatic heterocycles. The number of nitrogens with one attached hydrogen (secondary N) is 1. The smallest absolute Gasteiger partial charge is 0.222 e. The molecule has 1 N–H and O–H groups in total. The topological polar surface area (TPSA) is 95.5 Å². The predicted molar refractivity (Wildman–Crippen MR) is 65.3 cm³/mol. The largest absolute Gasteiger partial charge is 0.726 e. The molecule has 0 rings (SSSR count). The van der Waals surface area contributed by atoms with E-state index < -0.39 is 10.4 Å². The van der Waals surface area contributed by atoms with Crippen LogP contribution in [0.15, 0.2) is 0 Å². The Morgan fingerprint density at radius 2 is 1.89 bits per heavy atom. The maximum atomic E-state index is 11.3. The lowest BCUT2D eigenvalue weighted by Crippen LogP contribution is -2.47. The van der Waals surface area contributed by atoms with E-state index in [9.17, 15) is 17.8 Å². The highest BCUT2D eigenvalue weighted by atomic mass is 32.3. The Hall–Kier alpha value is -0.700. The van der Waals surface area contributed by atoms with Crippen LogP contribution in [0.2, 0.25) is 0 Å². The van der Waals surface area contributed by atoms with Gasteiger partial charge in [0, 0.05) is 5.92 Å². The molecule has 0 aromatic rings. The summed E-state index contributed by atoms with van der Waals surface area (Å²) in [5.74, 6) is -0.0806. The summed E-state index contributed by atoms with van der Waals surface area (Å²) in [6.07, 6.45) is 0. The maximum absolute atomic E-state index is 11.3. The second-order valence-corrected chi connectivity index (χ2v) is 6.11. The first-order valence-corrected chi connectivity index (χ1v) is 7.07. The minimum atomic E-state index is -4.62. The molecule has 0 aliphatic carbocycles. The number of likely N-dealkylation sites (N-methyl/N-ethyl adjacent to an activating group) is 1. The van der Waals surface area contributed by atoms with E-state index in [0.717, 1.165) is 0 Å². The second kappa shape index (κ2) is 7.03. The zero-order valence-corrected chi connectivity index (χ0v) is 12.1. The van der Waals surface area contributed by atoms with Crippen molar-refractivity contribution in [2.24, 2.45) is 5.92 Å². The molecule has 0 aliphatic rings. The fourth-order valence-electron chi connectivity index (χ4n) is 1.18. The van der Waals surface area contributed by atoms with Crippen LogP contribution in [0, 0.1) is 5.92 Å². The van der Waals surface area contributed by atoms with Crippen LogP contribution in [0.5, 0.6) is 0 Å². The van der Waals surface area contributed by atoms with Gasteiger partial charge in [0.05, 0.1) is 27.2 Å². The predicted octanol–water partition coefficient (Wildman–Crippen LogP) is -0.688. The summed E-state index contributed by atoms with van der Waals surface area (Å²) < 4.78 is 35.4. The van der Waals surface area contributed by atoms with E-state index in [1.54, 1.807) is 0 Å². The molecule has 0 radical (unpaired) electrons. The number of hydrogen-bond acceptors (Lipinski definition) is 5. The van der Waals surface area contributed by atoms with Gasteiger partial charge in [-0.25, -0.2) is 8.42 Å². The molecular weight excluding hydrogens is 260 g/mol. The Labute approximate surface area is 109 Å². The highest BCUT2D eigenvalue weighted by molar-refractivity contribution is 7.80. The molecule has 0 spiro atoms. The molecule has 0 saturated heterocycles. The molecule has 0 unspecified atom stereocenters. The maximum Gasteiger partial charge on any atom is 0.222 e. The molecule has 8 heteroatoms. The van der Waals surface area contributed by atoms with Crippen LogP contribution in [-0.4, -0.2) is 63.7 Å². The first kappa shape index (κ1) is 17.3. The Bertz CT molecular complexity index is 364. The highest BCUT2D eigenvalue weighted by Crippen LogP contribution is 1.98. The Kier molecular flexibility index (Phi) is 6.76. The molecule has 0 heterocycles. The molecule has 0 fully saturated rings. The number of quaternary nitrogens is 1. The van der Waals surface area contributed by atoms with Crippen LogP contribution in [0.25, 0.3) is 0 Å². The number of nitrogens with zero attached hydrogens (tertiary/aromatic N) is 1. The van der Waals surface area contributed by atoms with Crippen molar-refractivity contribution in [1.82, 2.24) is 5.32 Å². The quantitative estimate of drug-likeness (QED) is 0.361. The lowest BCUT2D eigenvalue weighted by atomic mass is 10.2. The molecule has 7 nitrogen and oxygen atoms in total. The van der Waals surface area contributed by atoms with Crippen molar-refractivity contribution >= 4 is 16.3 Å². The van der Waals surface area contributed by atoms with Crippen molar-refractivity contribution in [2.75, 3.05) is 40.3 Å². The van der Waals surface area contributed by atoms with Crippen molar-refractivity contribution in [3.8, 4) is 0 Å². The van der Waals surface area contributed by atoms with Crippen LogP contribution < -0.4 is 5.32 Å². The van der Waals surface area contributed by atoms with Gasteiger partial charge in [0.2, 0.25) is 16.3 Å². The zero-order chi connectivity index (χ0) is 14.4. The van der Waals surface area contributed by atoms with Crippen molar-refractivity contribution in [3.05, 3.63) is 0 Å². The summed E-state index contributed by atoms with van der Waals surface area (Å²) in [4.78, 5) is 11.3. The highest BCUT2D eigenvalue weighted by Gasteiger charge is 2.16. The van der Waals surface area contributed by atoms with E-state index in [-0.39, 0.29) is 18.4 Å². The van der Waals surface area contributed by atoms with E-state index in [4.69, 9.17) is 0 Å². The normalized spacial score (nSPS) is 12.8. The number of hydrogen-bond donors (Lipinski definition) is 1. The zero-order valence-electron chi connectivity index (χ0n) is 11.3. The van der Waals surface area contributed by atoms with Crippen LogP contribution in [0.3, 0.4) is 0 Å². The summed E-state index contributed by atoms with van der Waals surface area (Å²) in [6.45, 7) is 4.95.